The number of hydrogen-bond donors (Lipinski definition) is 2. The van der Waals surface area contributed by atoms with E-state index in [0.717, 1.165) is 17.7 Å². The first-order valence-corrected chi connectivity index (χ1v) is 5.77. The fourth-order valence-corrected chi connectivity index (χ4v) is 1.97. The fraction of sp³-hybridized carbons (Fsp3) is 0.417. The molecule has 86 valence electrons. The molecule has 1 aromatic rings. The molecule has 1 heterocycles. The van der Waals surface area contributed by atoms with E-state index in [2.05, 4.69) is 10.6 Å². The normalized spacial score (nSPS) is 17.4. The molecule has 1 aliphatic heterocycles. The Kier molecular flexibility index (Phi) is 2.62. The first-order chi connectivity index (χ1) is 7.45. The summed E-state index contributed by atoms with van der Waals surface area (Å²) in [6, 6.07) is 3.29. The Balaban J connectivity index is 2.57. The molecule has 0 aromatic heterocycles. The fourth-order valence-electron chi connectivity index (χ4n) is 1.82. The van der Waals surface area contributed by atoms with Gasteiger partial charge < -0.3 is 10.6 Å². The topological polar surface area (TPSA) is 24.1 Å². The molecular formula is C12H15FN2S. The third-order valence-electron chi connectivity index (χ3n) is 2.87. The second-order valence-corrected chi connectivity index (χ2v) is 4.92. The summed E-state index contributed by atoms with van der Waals surface area (Å²) in [4.78, 5) is 0.695. The Hall–Kier alpha value is -1.16. The van der Waals surface area contributed by atoms with Gasteiger partial charge in [-0.25, -0.2) is 4.39 Å². The lowest BCUT2D eigenvalue weighted by molar-refractivity contribution is 0.621. The van der Waals surface area contributed by atoms with Crippen LogP contribution in [0, 0.1) is 5.82 Å². The van der Waals surface area contributed by atoms with Gasteiger partial charge in [0.15, 0.2) is 0 Å². The van der Waals surface area contributed by atoms with Crippen molar-refractivity contribution in [2.45, 2.75) is 32.7 Å². The molecule has 0 amide bonds. The van der Waals surface area contributed by atoms with Crippen LogP contribution in [0.15, 0.2) is 12.1 Å². The van der Waals surface area contributed by atoms with Crippen LogP contribution in [0.1, 0.15) is 26.3 Å². The minimum atomic E-state index is -0.407. The maximum atomic E-state index is 13.7. The van der Waals surface area contributed by atoms with Gasteiger partial charge in [0, 0.05) is 0 Å². The minimum Gasteiger partial charge on any atom is -0.370 e. The van der Waals surface area contributed by atoms with Crippen LogP contribution in [-0.4, -0.2) is 10.5 Å². The van der Waals surface area contributed by atoms with Crippen LogP contribution in [0.5, 0.6) is 0 Å². The van der Waals surface area contributed by atoms with Gasteiger partial charge in [0.25, 0.3) is 0 Å². The van der Waals surface area contributed by atoms with Crippen molar-refractivity contribution in [2.24, 2.45) is 0 Å². The van der Waals surface area contributed by atoms with E-state index >= 15 is 0 Å². The van der Waals surface area contributed by atoms with E-state index in [1.807, 2.05) is 20.8 Å². The molecule has 4 heteroatoms. The lowest BCUT2D eigenvalue weighted by atomic mass is 9.98. The van der Waals surface area contributed by atoms with Crippen molar-refractivity contribution >= 4 is 28.6 Å². The van der Waals surface area contributed by atoms with Crippen LogP contribution in [0.25, 0.3) is 0 Å². The maximum Gasteiger partial charge on any atom is 0.148 e. The van der Waals surface area contributed by atoms with Crippen LogP contribution in [0.3, 0.4) is 0 Å². The number of halogens is 1. The van der Waals surface area contributed by atoms with Gasteiger partial charge in [0.1, 0.15) is 10.8 Å². The first-order valence-electron chi connectivity index (χ1n) is 5.36. The standard InChI is InChI=1S/C12H15FN2S/c1-4-7-5-6-8(13)10-9(7)14-11(16)12(2,3)15-10/h5-6,15H,4H2,1-3H3,(H,14,16). The number of benzene rings is 1. The summed E-state index contributed by atoms with van der Waals surface area (Å²) in [5, 5.41) is 6.29. The van der Waals surface area contributed by atoms with Crippen LogP contribution < -0.4 is 10.6 Å². The molecule has 0 saturated heterocycles. The molecule has 0 fully saturated rings. The molecule has 0 bridgehead atoms. The zero-order valence-corrected chi connectivity index (χ0v) is 10.5. The number of thiocarbonyl (C=S) groups is 1. The van der Waals surface area contributed by atoms with Crippen molar-refractivity contribution < 1.29 is 4.39 Å². The van der Waals surface area contributed by atoms with Crippen molar-refractivity contribution in [3.05, 3.63) is 23.5 Å². The van der Waals surface area contributed by atoms with Gasteiger partial charge in [-0.1, -0.05) is 25.2 Å². The van der Waals surface area contributed by atoms with E-state index in [4.69, 9.17) is 12.2 Å². The van der Waals surface area contributed by atoms with Gasteiger partial charge in [0.05, 0.1) is 16.9 Å². The summed E-state index contributed by atoms with van der Waals surface area (Å²) in [7, 11) is 0. The monoisotopic (exact) mass is 238 g/mol. The highest BCUT2D eigenvalue weighted by molar-refractivity contribution is 7.80. The highest BCUT2D eigenvalue weighted by Crippen LogP contribution is 2.36. The second kappa shape index (κ2) is 3.70. The molecule has 0 unspecified atom stereocenters. The Bertz CT molecular complexity index is 455. The lowest BCUT2D eigenvalue weighted by Crippen LogP contribution is -2.47. The number of anilines is 2. The molecule has 1 aliphatic rings. The molecule has 0 saturated carbocycles. The highest BCUT2D eigenvalue weighted by atomic mass is 32.1. The first kappa shape index (κ1) is 11.3. The smallest absolute Gasteiger partial charge is 0.148 e. The number of nitrogens with one attached hydrogen (secondary N) is 2. The predicted molar refractivity (Wildman–Crippen MR) is 69.7 cm³/mol. The Morgan fingerprint density at radius 1 is 1.31 bits per heavy atom. The molecule has 0 atom stereocenters. The van der Waals surface area contributed by atoms with Crippen molar-refractivity contribution in [2.75, 3.05) is 10.6 Å². The second-order valence-electron chi connectivity index (χ2n) is 4.51. The quantitative estimate of drug-likeness (QED) is 0.734. The van der Waals surface area contributed by atoms with E-state index < -0.39 is 5.54 Å². The summed E-state index contributed by atoms with van der Waals surface area (Å²) in [5.74, 6) is -0.240. The summed E-state index contributed by atoms with van der Waals surface area (Å²) in [6.45, 7) is 5.91. The molecule has 0 spiro atoms. The number of rotatable bonds is 1. The van der Waals surface area contributed by atoms with Gasteiger partial charge in [-0.15, -0.1) is 0 Å². The molecule has 1 aromatic carbocycles. The van der Waals surface area contributed by atoms with Gasteiger partial charge >= 0.3 is 0 Å². The zero-order valence-electron chi connectivity index (χ0n) is 9.65. The molecule has 0 radical (unpaired) electrons. The van der Waals surface area contributed by atoms with E-state index in [0.29, 0.717) is 10.7 Å². The van der Waals surface area contributed by atoms with Crippen molar-refractivity contribution in [3.8, 4) is 0 Å². The zero-order chi connectivity index (χ0) is 11.9. The van der Waals surface area contributed by atoms with Gasteiger partial charge in [-0.3, -0.25) is 0 Å². The van der Waals surface area contributed by atoms with Crippen molar-refractivity contribution in [1.29, 1.82) is 0 Å². The van der Waals surface area contributed by atoms with Crippen molar-refractivity contribution in [3.63, 3.8) is 0 Å². The SMILES string of the molecule is CCc1ccc(F)c2c1NC(=S)C(C)(C)N2. The summed E-state index contributed by atoms with van der Waals surface area (Å²) in [5.41, 5.74) is 1.97. The van der Waals surface area contributed by atoms with E-state index in [-0.39, 0.29) is 5.82 Å². The maximum absolute atomic E-state index is 13.7. The lowest BCUT2D eigenvalue weighted by Gasteiger charge is -2.36. The predicted octanol–water partition coefficient (Wildman–Crippen LogP) is 3.33. The Morgan fingerprint density at radius 3 is 2.62 bits per heavy atom. The van der Waals surface area contributed by atoms with Gasteiger partial charge in [0.2, 0.25) is 0 Å². The van der Waals surface area contributed by atoms with E-state index in [1.54, 1.807) is 6.07 Å². The molecule has 2 rings (SSSR count). The summed E-state index contributed by atoms with van der Waals surface area (Å²) in [6.07, 6.45) is 0.848. The van der Waals surface area contributed by atoms with Gasteiger partial charge in [-0.05, 0) is 31.9 Å². The summed E-state index contributed by atoms with van der Waals surface area (Å²) >= 11 is 5.27. The average molecular weight is 238 g/mol. The van der Waals surface area contributed by atoms with Crippen LogP contribution in [0.2, 0.25) is 0 Å². The molecular weight excluding hydrogens is 223 g/mol. The molecule has 2 N–H and O–H groups in total. The van der Waals surface area contributed by atoms with Crippen LogP contribution >= 0.6 is 12.2 Å². The molecule has 2 nitrogen and oxygen atoms in total. The number of aryl methyl sites for hydroxylation is 1. The summed E-state index contributed by atoms with van der Waals surface area (Å²) < 4.78 is 13.7. The highest BCUT2D eigenvalue weighted by Gasteiger charge is 2.32. The Morgan fingerprint density at radius 2 is 2.00 bits per heavy atom. The average Bonchev–Trinajstić information content (AvgIpc) is 2.22. The minimum absolute atomic E-state index is 0.240. The van der Waals surface area contributed by atoms with Crippen LogP contribution in [-0.2, 0) is 6.42 Å². The Labute approximate surface area is 100 Å². The third-order valence-corrected chi connectivity index (χ3v) is 3.48. The van der Waals surface area contributed by atoms with E-state index in [1.165, 1.54) is 6.07 Å². The molecule has 16 heavy (non-hydrogen) atoms. The largest absolute Gasteiger partial charge is 0.370 e. The number of fused-ring (bicyclic) bond motifs is 1. The van der Waals surface area contributed by atoms with Crippen LogP contribution in [0.4, 0.5) is 15.8 Å². The third kappa shape index (κ3) is 1.67. The van der Waals surface area contributed by atoms with Gasteiger partial charge in [-0.2, -0.15) is 0 Å². The molecule has 0 aliphatic carbocycles. The number of hydrogen-bond acceptors (Lipinski definition) is 2. The van der Waals surface area contributed by atoms with E-state index in [9.17, 15) is 4.39 Å². The van der Waals surface area contributed by atoms with Crippen molar-refractivity contribution in [1.82, 2.24) is 0 Å².